The predicted molar refractivity (Wildman–Crippen MR) is 155 cm³/mol. The Morgan fingerprint density at radius 3 is 2.17 bits per heavy atom. The second kappa shape index (κ2) is 13.1. The zero-order chi connectivity index (χ0) is 27.7. The van der Waals surface area contributed by atoms with Crippen LogP contribution in [0.4, 0.5) is 0 Å². The molecule has 0 saturated heterocycles. The van der Waals surface area contributed by atoms with E-state index in [0.29, 0.717) is 18.3 Å². The average Bonchev–Trinajstić information content (AvgIpc) is 3.02. The van der Waals surface area contributed by atoms with Crippen LogP contribution in [0, 0.1) is 0 Å². The van der Waals surface area contributed by atoms with Gasteiger partial charge in [0.05, 0.1) is 13.5 Å². The van der Waals surface area contributed by atoms with Gasteiger partial charge >= 0.3 is 5.97 Å². The van der Waals surface area contributed by atoms with Gasteiger partial charge in [0, 0.05) is 12.3 Å². The summed E-state index contributed by atoms with van der Waals surface area (Å²) in [6.07, 6.45) is 2.21. The number of benzene rings is 4. The quantitative estimate of drug-likeness (QED) is 0.193. The highest BCUT2D eigenvalue weighted by molar-refractivity contribution is 5.84. The Bertz CT molecular complexity index is 1410. The molecule has 5 heteroatoms. The Morgan fingerprint density at radius 2 is 1.45 bits per heavy atom. The van der Waals surface area contributed by atoms with E-state index in [-0.39, 0.29) is 31.1 Å². The van der Waals surface area contributed by atoms with Crippen LogP contribution in [0.3, 0.4) is 0 Å². The molecular weight excluding hydrogens is 500 g/mol. The molecule has 0 bridgehead atoms. The molecule has 5 nitrogen and oxygen atoms in total. The Hall–Kier alpha value is -4.38. The van der Waals surface area contributed by atoms with Crippen molar-refractivity contribution >= 4 is 11.8 Å². The van der Waals surface area contributed by atoms with Crippen LogP contribution < -0.4 is 9.47 Å². The Balaban J connectivity index is 1.34. The largest absolute Gasteiger partial charge is 0.489 e. The number of esters is 1. The fourth-order valence-corrected chi connectivity index (χ4v) is 5.45. The first-order valence-corrected chi connectivity index (χ1v) is 13.8. The molecule has 0 aromatic heterocycles. The van der Waals surface area contributed by atoms with Gasteiger partial charge in [-0.1, -0.05) is 78.9 Å². The molecule has 0 fully saturated rings. The van der Waals surface area contributed by atoms with Crippen molar-refractivity contribution in [2.24, 2.45) is 0 Å². The summed E-state index contributed by atoms with van der Waals surface area (Å²) in [5, 5.41) is 0. The standard InChI is InChI=1S/C35H34O5/c1-38-34(37)21-15-29(36)24-40-30-16-12-27(13-17-30)35-32(26-10-6-3-7-11-26)19-14-28-22-31(18-20-33(28)35)39-23-25-8-4-2-5-9-25/h2-13,16-18,20,22,32,35H,14-15,19,21,23-24H2,1H3/t32-,35+/m1/s1. The topological polar surface area (TPSA) is 61.8 Å². The van der Waals surface area contributed by atoms with E-state index in [1.807, 2.05) is 30.3 Å². The van der Waals surface area contributed by atoms with Crippen LogP contribution in [0.25, 0.3) is 0 Å². The summed E-state index contributed by atoms with van der Waals surface area (Å²) in [4.78, 5) is 23.4. The lowest BCUT2D eigenvalue weighted by Crippen LogP contribution is -2.20. The number of ketones is 1. The first-order chi connectivity index (χ1) is 19.6. The minimum absolute atomic E-state index is 0.0681. The fraction of sp³-hybridized carbons (Fsp3) is 0.257. The molecule has 4 aromatic carbocycles. The molecule has 0 N–H and O–H groups in total. The lowest BCUT2D eigenvalue weighted by Gasteiger charge is -2.35. The van der Waals surface area contributed by atoms with E-state index in [2.05, 4.69) is 77.5 Å². The molecule has 0 radical (unpaired) electrons. The maximum atomic E-state index is 12.1. The van der Waals surface area contributed by atoms with Crippen molar-refractivity contribution in [1.29, 1.82) is 0 Å². The zero-order valence-electron chi connectivity index (χ0n) is 22.8. The predicted octanol–water partition coefficient (Wildman–Crippen LogP) is 7.03. The van der Waals surface area contributed by atoms with Crippen LogP contribution in [-0.4, -0.2) is 25.5 Å². The van der Waals surface area contributed by atoms with Gasteiger partial charge in [-0.25, -0.2) is 0 Å². The number of hydrogen-bond acceptors (Lipinski definition) is 5. The van der Waals surface area contributed by atoms with Crippen LogP contribution in [0.2, 0.25) is 0 Å². The van der Waals surface area contributed by atoms with E-state index >= 15 is 0 Å². The monoisotopic (exact) mass is 534 g/mol. The smallest absolute Gasteiger partial charge is 0.305 e. The molecule has 0 aliphatic heterocycles. The molecule has 0 saturated carbocycles. The molecule has 0 amide bonds. The van der Waals surface area contributed by atoms with Gasteiger partial charge in [0.2, 0.25) is 0 Å². The molecule has 40 heavy (non-hydrogen) atoms. The first-order valence-electron chi connectivity index (χ1n) is 13.8. The molecule has 0 spiro atoms. The number of ether oxygens (including phenoxy) is 3. The number of carbonyl (C=O) groups is 2. The van der Waals surface area contributed by atoms with E-state index in [0.717, 1.165) is 24.2 Å². The normalized spacial score (nSPS) is 16.0. The highest BCUT2D eigenvalue weighted by Crippen LogP contribution is 2.47. The number of carbonyl (C=O) groups excluding carboxylic acids is 2. The summed E-state index contributed by atoms with van der Waals surface area (Å²) < 4.78 is 16.5. The van der Waals surface area contributed by atoms with Crippen LogP contribution >= 0.6 is 0 Å². The van der Waals surface area contributed by atoms with Crippen LogP contribution in [0.15, 0.2) is 103 Å². The van der Waals surface area contributed by atoms with Gasteiger partial charge in [-0.3, -0.25) is 9.59 Å². The van der Waals surface area contributed by atoms with Crippen molar-refractivity contribution in [3.8, 4) is 11.5 Å². The molecular formula is C35H34O5. The van der Waals surface area contributed by atoms with Gasteiger partial charge in [0.25, 0.3) is 0 Å². The van der Waals surface area contributed by atoms with Crippen molar-refractivity contribution in [2.45, 2.75) is 44.1 Å². The van der Waals surface area contributed by atoms with E-state index in [1.165, 1.54) is 29.4 Å². The SMILES string of the molecule is COC(=O)CCC(=O)COc1ccc([C@@H]2c3ccc(OCc4ccccc4)cc3CC[C@@H]2c2ccccc2)cc1. The Morgan fingerprint density at radius 1 is 0.750 bits per heavy atom. The molecule has 5 rings (SSSR count). The van der Waals surface area contributed by atoms with Gasteiger partial charge in [0.1, 0.15) is 24.7 Å². The Kier molecular flexibility index (Phi) is 8.92. The van der Waals surface area contributed by atoms with Crippen molar-refractivity contribution in [2.75, 3.05) is 13.7 Å². The van der Waals surface area contributed by atoms with Gasteiger partial charge in [0.15, 0.2) is 5.78 Å². The van der Waals surface area contributed by atoms with Gasteiger partial charge < -0.3 is 14.2 Å². The van der Waals surface area contributed by atoms with Crippen LogP contribution in [0.5, 0.6) is 11.5 Å². The maximum absolute atomic E-state index is 12.1. The third-order valence-electron chi connectivity index (χ3n) is 7.53. The molecule has 4 aromatic rings. The lowest BCUT2D eigenvalue weighted by atomic mass is 9.69. The van der Waals surface area contributed by atoms with Crippen molar-refractivity contribution in [3.63, 3.8) is 0 Å². The molecule has 0 heterocycles. The molecule has 204 valence electrons. The summed E-state index contributed by atoms with van der Waals surface area (Å²) in [6, 6.07) is 35.5. The summed E-state index contributed by atoms with van der Waals surface area (Å²) in [5.41, 5.74) is 6.32. The maximum Gasteiger partial charge on any atom is 0.305 e. The van der Waals surface area contributed by atoms with E-state index < -0.39 is 5.97 Å². The molecule has 1 aliphatic rings. The van der Waals surface area contributed by atoms with E-state index in [9.17, 15) is 9.59 Å². The summed E-state index contributed by atoms with van der Waals surface area (Å²) in [5.74, 6) is 1.52. The molecule has 2 atom stereocenters. The number of Topliss-reactive ketones (excluding diaryl/α,β-unsaturated/α-hetero) is 1. The van der Waals surface area contributed by atoms with Gasteiger partial charge in [-0.2, -0.15) is 0 Å². The number of rotatable bonds is 11. The summed E-state index contributed by atoms with van der Waals surface area (Å²) in [7, 11) is 1.32. The number of hydrogen-bond donors (Lipinski definition) is 0. The van der Waals surface area contributed by atoms with Crippen molar-refractivity contribution < 1.29 is 23.8 Å². The average molecular weight is 535 g/mol. The highest BCUT2D eigenvalue weighted by Gasteiger charge is 2.32. The number of methoxy groups -OCH3 is 1. The van der Waals surface area contributed by atoms with Crippen LogP contribution in [0.1, 0.15) is 58.9 Å². The Labute approximate surface area is 235 Å². The summed E-state index contributed by atoms with van der Waals surface area (Å²) in [6.45, 7) is 0.476. The fourth-order valence-electron chi connectivity index (χ4n) is 5.45. The third-order valence-corrected chi connectivity index (χ3v) is 7.53. The second-order valence-corrected chi connectivity index (χ2v) is 10.1. The lowest BCUT2D eigenvalue weighted by molar-refractivity contribution is -0.142. The van der Waals surface area contributed by atoms with Gasteiger partial charge in [-0.05, 0) is 70.8 Å². The van der Waals surface area contributed by atoms with Gasteiger partial charge in [-0.15, -0.1) is 0 Å². The second-order valence-electron chi connectivity index (χ2n) is 10.1. The number of fused-ring (bicyclic) bond motifs is 1. The third kappa shape index (κ3) is 6.78. The highest BCUT2D eigenvalue weighted by atomic mass is 16.5. The minimum atomic E-state index is -0.395. The first kappa shape index (κ1) is 27.2. The van der Waals surface area contributed by atoms with Crippen LogP contribution in [-0.2, 0) is 27.4 Å². The minimum Gasteiger partial charge on any atom is -0.489 e. The zero-order valence-corrected chi connectivity index (χ0v) is 22.8. The van der Waals surface area contributed by atoms with E-state index in [4.69, 9.17) is 9.47 Å². The van der Waals surface area contributed by atoms with Crippen molar-refractivity contribution in [1.82, 2.24) is 0 Å². The summed E-state index contributed by atoms with van der Waals surface area (Å²) >= 11 is 0. The molecule has 1 aliphatic carbocycles. The van der Waals surface area contributed by atoms with E-state index in [1.54, 1.807) is 0 Å². The molecule has 0 unspecified atom stereocenters. The van der Waals surface area contributed by atoms with Crippen molar-refractivity contribution in [3.05, 3.63) is 131 Å². The number of aryl methyl sites for hydroxylation is 1.